The van der Waals surface area contributed by atoms with Gasteiger partial charge in [0.2, 0.25) is 0 Å². The summed E-state index contributed by atoms with van der Waals surface area (Å²) in [7, 11) is -4.40. The predicted molar refractivity (Wildman–Crippen MR) is 106 cm³/mol. The van der Waals surface area contributed by atoms with Gasteiger partial charge < -0.3 is 8.92 Å². The molecular formula is C22H21F3O5S. The largest absolute Gasteiger partial charge is 0.534 e. The van der Waals surface area contributed by atoms with Crippen molar-refractivity contribution in [3.05, 3.63) is 65.2 Å². The number of ether oxygens (including phenoxy) is 1. The van der Waals surface area contributed by atoms with E-state index >= 15 is 0 Å². The fourth-order valence-corrected chi connectivity index (χ4v) is 5.67. The van der Waals surface area contributed by atoms with Crippen molar-refractivity contribution in [3.63, 3.8) is 0 Å². The zero-order chi connectivity index (χ0) is 22.4. The molecule has 2 aromatic rings. The fraction of sp³-hybridized carbons (Fsp3) is 0.409. The van der Waals surface area contributed by atoms with Crippen molar-refractivity contribution in [2.24, 2.45) is 11.8 Å². The van der Waals surface area contributed by atoms with Crippen LogP contribution >= 0.6 is 0 Å². The van der Waals surface area contributed by atoms with E-state index < -0.39 is 21.6 Å². The standard InChI is InChI=1S/C22H21F3O5S/c1-29-20(26)15-3-6-16(7-4-15)21(13-14-2-5-18(21)12-14)17-8-10-19(11-9-17)30-31(27,28)22(23,24)25/h3-4,6-11,14,18H,2,5,12-13H2,1H3. The van der Waals surface area contributed by atoms with Crippen molar-refractivity contribution in [2.45, 2.75) is 36.6 Å². The molecule has 3 atom stereocenters. The number of halogens is 3. The third-order valence-electron chi connectivity index (χ3n) is 6.53. The SMILES string of the molecule is COC(=O)c1ccc(C2(c3ccc(OS(=O)(=O)C(F)(F)F)cc3)CC3CCC2C3)cc1. The summed E-state index contributed by atoms with van der Waals surface area (Å²) in [6, 6.07) is 13.0. The van der Waals surface area contributed by atoms with Crippen LogP contribution < -0.4 is 4.18 Å². The summed E-state index contributed by atoms with van der Waals surface area (Å²) in [5.74, 6) is 0.0836. The van der Waals surface area contributed by atoms with Crippen LogP contribution in [0.2, 0.25) is 0 Å². The number of benzene rings is 2. The first kappa shape index (κ1) is 21.7. The van der Waals surface area contributed by atoms with Gasteiger partial charge in [-0.25, -0.2) is 4.79 Å². The molecule has 2 saturated carbocycles. The molecule has 3 unspecified atom stereocenters. The minimum atomic E-state index is -5.72. The van der Waals surface area contributed by atoms with E-state index in [9.17, 15) is 26.4 Å². The number of carbonyl (C=O) groups is 1. The van der Waals surface area contributed by atoms with Crippen LogP contribution in [0.15, 0.2) is 48.5 Å². The molecule has 0 heterocycles. The summed E-state index contributed by atoms with van der Waals surface area (Å²) in [6.45, 7) is 0. The minimum Gasteiger partial charge on any atom is -0.465 e. The molecule has 0 amide bonds. The third-order valence-corrected chi connectivity index (χ3v) is 7.51. The Morgan fingerprint density at radius 3 is 2.03 bits per heavy atom. The first-order chi connectivity index (χ1) is 14.6. The molecule has 2 aliphatic rings. The van der Waals surface area contributed by atoms with Gasteiger partial charge in [-0.2, -0.15) is 21.6 Å². The Morgan fingerprint density at radius 2 is 1.58 bits per heavy atom. The normalized spacial score (nSPS) is 25.4. The zero-order valence-corrected chi connectivity index (χ0v) is 17.5. The lowest BCUT2D eigenvalue weighted by Crippen LogP contribution is -2.34. The molecule has 4 rings (SSSR count). The van der Waals surface area contributed by atoms with Crippen LogP contribution in [0.25, 0.3) is 0 Å². The summed E-state index contributed by atoms with van der Waals surface area (Å²) in [4.78, 5) is 11.8. The van der Waals surface area contributed by atoms with E-state index in [1.165, 1.54) is 19.2 Å². The number of rotatable bonds is 5. The van der Waals surface area contributed by atoms with Crippen molar-refractivity contribution >= 4 is 16.1 Å². The number of hydrogen-bond donors (Lipinski definition) is 0. The van der Waals surface area contributed by atoms with Crippen molar-refractivity contribution in [3.8, 4) is 5.75 Å². The van der Waals surface area contributed by atoms with Gasteiger partial charge in [0.25, 0.3) is 0 Å². The second-order valence-corrected chi connectivity index (χ2v) is 9.67. The van der Waals surface area contributed by atoms with E-state index in [1.807, 2.05) is 12.1 Å². The van der Waals surface area contributed by atoms with Crippen LogP contribution in [0.5, 0.6) is 5.75 Å². The van der Waals surface area contributed by atoms with Gasteiger partial charge in [-0.15, -0.1) is 0 Å². The zero-order valence-electron chi connectivity index (χ0n) is 16.7. The summed E-state index contributed by atoms with van der Waals surface area (Å²) >= 11 is 0. The first-order valence-corrected chi connectivity index (χ1v) is 11.3. The quantitative estimate of drug-likeness (QED) is 0.369. The Kier molecular flexibility index (Phi) is 5.28. The highest BCUT2D eigenvalue weighted by Crippen LogP contribution is 2.60. The molecule has 5 nitrogen and oxygen atoms in total. The maximum Gasteiger partial charge on any atom is 0.534 e. The van der Waals surface area contributed by atoms with E-state index in [4.69, 9.17) is 4.74 Å². The van der Waals surface area contributed by atoms with E-state index in [2.05, 4.69) is 4.18 Å². The topological polar surface area (TPSA) is 69.7 Å². The second-order valence-electron chi connectivity index (χ2n) is 8.13. The Morgan fingerprint density at radius 1 is 1.00 bits per heavy atom. The van der Waals surface area contributed by atoms with E-state index in [1.54, 1.807) is 24.3 Å². The fourth-order valence-electron chi connectivity index (χ4n) is 5.21. The molecule has 0 aliphatic heterocycles. The maximum atomic E-state index is 12.6. The van der Waals surface area contributed by atoms with E-state index in [0.29, 0.717) is 17.4 Å². The number of carbonyl (C=O) groups excluding carboxylic acids is 1. The molecular weight excluding hydrogens is 433 g/mol. The molecule has 9 heteroatoms. The monoisotopic (exact) mass is 454 g/mol. The van der Waals surface area contributed by atoms with Crippen LogP contribution in [0, 0.1) is 11.8 Å². The number of hydrogen-bond acceptors (Lipinski definition) is 5. The Bertz CT molecular complexity index is 1080. The predicted octanol–water partition coefficient (Wildman–Crippen LogP) is 4.81. The molecule has 0 aromatic heterocycles. The van der Waals surface area contributed by atoms with Crippen LogP contribution in [0.4, 0.5) is 13.2 Å². The average molecular weight is 454 g/mol. The van der Waals surface area contributed by atoms with Crippen molar-refractivity contribution in [2.75, 3.05) is 7.11 Å². The van der Waals surface area contributed by atoms with Gasteiger partial charge >= 0.3 is 21.6 Å². The molecule has 2 fully saturated rings. The van der Waals surface area contributed by atoms with Crippen LogP contribution in [-0.2, 0) is 20.3 Å². The summed E-state index contributed by atoms with van der Waals surface area (Å²) in [5.41, 5.74) is -3.49. The highest BCUT2D eigenvalue weighted by atomic mass is 32.2. The lowest BCUT2D eigenvalue weighted by Gasteiger charge is -2.39. The average Bonchev–Trinajstić information content (AvgIpc) is 3.35. The molecule has 2 bridgehead atoms. The van der Waals surface area contributed by atoms with Gasteiger partial charge in [0.1, 0.15) is 5.75 Å². The van der Waals surface area contributed by atoms with Crippen molar-refractivity contribution < 1.29 is 35.3 Å². The number of alkyl halides is 3. The molecule has 0 spiro atoms. The van der Waals surface area contributed by atoms with Gasteiger partial charge in [-0.1, -0.05) is 30.7 Å². The molecule has 166 valence electrons. The Balaban J connectivity index is 1.69. The number of fused-ring (bicyclic) bond motifs is 2. The first-order valence-electron chi connectivity index (χ1n) is 9.87. The summed E-state index contributed by atoms with van der Waals surface area (Å²) in [5, 5.41) is 0. The van der Waals surface area contributed by atoms with Crippen LogP contribution in [0.3, 0.4) is 0 Å². The van der Waals surface area contributed by atoms with Crippen LogP contribution in [-0.4, -0.2) is 27.0 Å². The molecule has 2 aromatic carbocycles. The lowest BCUT2D eigenvalue weighted by atomic mass is 9.64. The summed E-state index contributed by atoms with van der Waals surface area (Å²) < 4.78 is 69.3. The smallest absolute Gasteiger partial charge is 0.465 e. The van der Waals surface area contributed by atoms with Gasteiger partial charge in [0.05, 0.1) is 12.7 Å². The van der Waals surface area contributed by atoms with Gasteiger partial charge in [-0.3, -0.25) is 0 Å². The highest BCUT2D eigenvalue weighted by Gasteiger charge is 2.53. The minimum absolute atomic E-state index is 0.348. The van der Waals surface area contributed by atoms with Gasteiger partial charge in [-0.05, 0) is 66.5 Å². The van der Waals surface area contributed by atoms with Crippen molar-refractivity contribution in [1.29, 1.82) is 0 Å². The third kappa shape index (κ3) is 3.69. The summed E-state index contributed by atoms with van der Waals surface area (Å²) in [6.07, 6.45) is 4.11. The van der Waals surface area contributed by atoms with E-state index in [0.717, 1.165) is 36.8 Å². The number of methoxy groups -OCH3 is 1. The number of esters is 1. The van der Waals surface area contributed by atoms with Gasteiger partial charge in [0, 0.05) is 5.41 Å². The Hall–Kier alpha value is -2.55. The lowest BCUT2D eigenvalue weighted by molar-refractivity contribution is -0.0500. The van der Waals surface area contributed by atoms with Crippen LogP contribution in [0.1, 0.15) is 47.2 Å². The Labute approximate surface area is 178 Å². The molecule has 0 N–H and O–H groups in total. The molecule has 0 radical (unpaired) electrons. The molecule has 2 aliphatic carbocycles. The van der Waals surface area contributed by atoms with E-state index in [-0.39, 0.29) is 11.2 Å². The van der Waals surface area contributed by atoms with Crippen molar-refractivity contribution in [1.82, 2.24) is 0 Å². The molecule has 0 saturated heterocycles. The highest BCUT2D eigenvalue weighted by molar-refractivity contribution is 7.88. The van der Waals surface area contributed by atoms with Gasteiger partial charge in [0.15, 0.2) is 0 Å². The molecule has 31 heavy (non-hydrogen) atoms. The maximum absolute atomic E-state index is 12.6. The second kappa shape index (κ2) is 7.55.